The lowest BCUT2D eigenvalue weighted by Gasteiger charge is -2.37. The molecule has 0 unspecified atom stereocenters. The van der Waals surface area contributed by atoms with Gasteiger partial charge in [0.25, 0.3) is 0 Å². The summed E-state index contributed by atoms with van der Waals surface area (Å²) in [6.07, 6.45) is 3.16. The normalized spacial score (nSPS) is 23.1. The number of carboxylic acid groups (broad SMARTS) is 1. The highest BCUT2D eigenvalue weighted by Crippen LogP contribution is 2.17. The van der Waals surface area contributed by atoms with Crippen molar-refractivity contribution in [2.24, 2.45) is 0 Å². The van der Waals surface area contributed by atoms with E-state index in [9.17, 15) is 9.59 Å². The lowest BCUT2D eigenvalue weighted by Crippen LogP contribution is -2.53. The molecule has 1 N–H and O–H groups in total. The molecule has 2 saturated heterocycles. The van der Waals surface area contributed by atoms with Crippen LogP contribution in [0.4, 0.5) is 0 Å². The first-order valence-electron chi connectivity index (χ1n) is 7.01. The predicted molar refractivity (Wildman–Crippen MR) is 68.9 cm³/mol. The van der Waals surface area contributed by atoms with E-state index in [1.807, 2.05) is 4.90 Å². The Morgan fingerprint density at radius 2 is 1.68 bits per heavy atom. The number of morpholine rings is 1. The summed E-state index contributed by atoms with van der Waals surface area (Å²) in [5, 5.41) is 9.04. The third-order valence-electron chi connectivity index (χ3n) is 3.81. The summed E-state index contributed by atoms with van der Waals surface area (Å²) >= 11 is 0. The molecule has 0 aromatic rings. The largest absolute Gasteiger partial charge is 0.481 e. The number of aliphatic carboxylic acids is 1. The van der Waals surface area contributed by atoms with E-state index in [2.05, 4.69) is 0 Å². The van der Waals surface area contributed by atoms with Crippen molar-refractivity contribution in [2.75, 3.05) is 39.4 Å². The zero-order valence-electron chi connectivity index (χ0n) is 11.2. The van der Waals surface area contributed by atoms with Crippen LogP contribution >= 0.6 is 0 Å². The smallest absolute Gasteiger partial charge is 0.305 e. The zero-order chi connectivity index (χ0) is 13.7. The van der Waals surface area contributed by atoms with Gasteiger partial charge >= 0.3 is 5.97 Å². The first-order chi connectivity index (χ1) is 9.18. The first kappa shape index (κ1) is 14.3. The van der Waals surface area contributed by atoms with Gasteiger partial charge in [0.2, 0.25) is 5.91 Å². The predicted octanol–water partition coefficient (Wildman–Crippen LogP) is 0.174. The molecule has 0 aromatic carbocycles. The van der Waals surface area contributed by atoms with Gasteiger partial charge in [0, 0.05) is 13.1 Å². The van der Waals surface area contributed by atoms with E-state index in [1.165, 1.54) is 6.42 Å². The monoisotopic (exact) mass is 270 g/mol. The van der Waals surface area contributed by atoms with Crippen molar-refractivity contribution in [1.82, 2.24) is 9.80 Å². The molecule has 0 radical (unpaired) electrons. The van der Waals surface area contributed by atoms with Gasteiger partial charge < -0.3 is 14.7 Å². The van der Waals surface area contributed by atoms with E-state index in [-0.39, 0.29) is 12.3 Å². The minimum absolute atomic E-state index is 0.0485. The fraction of sp³-hybridized carbons (Fsp3) is 0.846. The maximum Gasteiger partial charge on any atom is 0.305 e. The summed E-state index contributed by atoms with van der Waals surface area (Å²) in [7, 11) is 0. The number of carbonyl (C=O) groups excluding carboxylic acids is 1. The highest BCUT2D eigenvalue weighted by molar-refractivity contribution is 5.86. The zero-order valence-corrected chi connectivity index (χ0v) is 11.2. The molecule has 6 heteroatoms. The Morgan fingerprint density at radius 1 is 1.05 bits per heavy atom. The molecule has 0 bridgehead atoms. The summed E-state index contributed by atoms with van der Waals surface area (Å²) in [6.45, 7) is 3.89. The molecule has 1 atom stereocenters. The minimum atomic E-state index is -0.905. The van der Waals surface area contributed by atoms with Gasteiger partial charge in [-0.2, -0.15) is 0 Å². The lowest BCUT2D eigenvalue weighted by molar-refractivity contribution is -0.148. The molecule has 0 aromatic heterocycles. The van der Waals surface area contributed by atoms with Crippen molar-refractivity contribution in [3.8, 4) is 0 Å². The molecule has 0 aliphatic carbocycles. The summed E-state index contributed by atoms with van der Waals surface area (Å²) in [5.74, 6) is -0.954. The van der Waals surface area contributed by atoms with Gasteiger partial charge in [-0.05, 0) is 25.9 Å². The van der Waals surface area contributed by atoms with Gasteiger partial charge in [0.1, 0.15) is 0 Å². The number of hydrogen-bond donors (Lipinski definition) is 1. The number of rotatable bonds is 4. The first-order valence-corrected chi connectivity index (χ1v) is 7.01. The maximum absolute atomic E-state index is 12.5. The molecule has 6 nitrogen and oxygen atoms in total. The standard InChI is InChI=1S/C13H22N2O4/c16-12(17)10-11(14-4-2-1-3-5-14)13(18)15-6-8-19-9-7-15/h11H,1-10H2,(H,16,17)/t11-/m0/s1. The number of amides is 1. The van der Waals surface area contributed by atoms with Crippen LogP contribution in [0.2, 0.25) is 0 Å². The Morgan fingerprint density at radius 3 is 2.26 bits per heavy atom. The van der Waals surface area contributed by atoms with Crippen molar-refractivity contribution in [1.29, 1.82) is 0 Å². The quantitative estimate of drug-likeness (QED) is 0.789. The fourth-order valence-electron chi connectivity index (χ4n) is 2.76. The Hall–Kier alpha value is -1.14. The molecule has 0 spiro atoms. The molecule has 108 valence electrons. The molecule has 2 rings (SSSR count). The molecular formula is C13H22N2O4. The van der Waals surface area contributed by atoms with Crippen LogP contribution in [0.3, 0.4) is 0 Å². The summed E-state index contributed by atoms with van der Waals surface area (Å²) < 4.78 is 5.23. The van der Waals surface area contributed by atoms with E-state index in [1.54, 1.807) is 4.90 Å². The minimum Gasteiger partial charge on any atom is -0.481 e. The van der Waals surface area contributed by atoms with Gasteiger partial charge in [0.05, 0.1) is 25.7 Å². The van der Waals surface area contributed by atoms with Crippen molar-refractivity contribution in [3.63, 3.8) is 0 Å². The van der Waals surface area contributed by atoms with Crippen LogP contribution in [0.15, 0.2) is 0 Å². The Bertz CT molecular complexity index is 323. The highest BCUT2D eigenvalue weighted by Gasteiger charge is 2.33. The number of carboxylic acids is 1. The number of piperidine rings is 1. The topological polar surface area (TPSA) is 70.1 Å². The molecular weight excluding hydrogens is 248 g/mol. The molecule has 2 fully saturated rings. The third-order valence-corrected chi connectivity index (χ3v) is 3.81. The van der Waals surface area contributed by atoms with E-state index in [0.29, 0.717) is 26.3 Å². The SMILES string of the molecule is O=C(O)C[C@@H](C(=O)N1CCOCC1)N1CCCCC1. The van der Waals surface area contributed by atoms with E-state index >= 15 is 0 Å². The Labute approximate surface area is 113 Å². The van der Waals surface area contributed by atoms with Crippen LogP contribution in [0, 0.1) is 0 Å². The Balaban J connectivity index is 2.02. The van der Waals surface area contributed by atoms with Crippen LogP contribution in [-0.2, 0) is 14.3 Å². The number of likely N-dealkylation sites (tertiary alicyclic amines) is 1. The van der Waals surface area contributed by atoms with Crippen molar-refractivity contribution < 1.29 is 19.4 Å². The number of carbonyl (C=O) groups is 2. The number of nitrogens with zero attached hydrogens (tertiary/aromatic N) is 2. The van der Waals surface area contributed by atoms with Crippen LogP contribution in [0.1, 0.15) is 25.7 Å². The lowest BCUT2D eigenvalue weighted by atomic mass is 10.0. The second-order valence-electron chi connectivity index (χ2n) is 5.15. The second kappa shape index (κ2) is 6.86. The van der Waals surface area contributed by atoms with Gasteiger partial charge in [-0.1, -0.05) is 6.42 Å². The maximum atomic E-state index is 12.5. The van der Waals surface area contributed by atoms with Gasteiger partial charge in [-0.15, -0.1) is 0 Å². The molecule has 2 aliphatic rings. The molecule has 19 heavy (non-hydrogen) atoms. The van der Waals surface area contributed by atoms with Crippen LogP contribution < -0.4 is 0 Å². The highest BCUT2D eigenvalue weighted by atomic mass is 16.5. The van der Waals surface area contributed by atoms with Crippen LogP contribution in [0.5, 0.6) is 0 Å². The molecule has 1 amide bonds. The van der Waals surface area contributed by atoms with Gasteiger partial charge in [0.15, 0.2) is 0 Å². The van der Waals surface area contributed by atoms with Crippen molar-refractivity contribution in [3.05, 3.63) is 0 Å². The number of ether oxygens (including phenoxy) is 1. The van der Waals surface area contributed by atoms with E-state index in [0.717, 1.165) is 25.9 Å². The molecule has 0 saturated carbocycles. The summed E-state index contributed by atoms with van der Waals surface area (Å²) in [4.78, 5) is 27.3. The van der Waals surface area contributed by atoms with Crippen molar-refractivity contribution >= 4 is 11.9 Å². The summed E-state index contributed by atoms with van der Waals surface area (Å²) in [5.41, 5.74) is 0. The third kappa shape index (κ3) is 3.91. The van der Waals surface area contributed by atoms with Gasteiger partial charge in [-0.3, -0.25) is 14.5 Å². The molecule has 2 heterocycles. The van der Waals surface area contributed by atoms with E-state index < -0.39 is 12.0 Å². The van der Waals surface area contributed by atoms with Gasteiger partial charge in [-0.25, -0.2) is 0 Å². The fourth-order valence-corrected chi connectivity index (χ4v) is 2.76. The van der Waals surface area contributed by atoms with E-state index in [4.69, 9.17) is 9.84 Å². The Kier molecular flexibility index (Phi) is 5.15. The average Bonchev–Trinajstić information content (AvgIpc) is 2.46. The second-order valence-corrected chi connectivity index (χ2v) is 5.15. The average molecular weight is 270 g/mol. The van der Waals surface area contributed by atoms with Crippen LogP contribution in [0.25, 0.3) is 0 Å². The van der Waals surface area contributed by atoms with Crippen LogP contribution in [-0.4, -0.2) is 72.2 Å². The summed E-state index contributed by atoms with van der Waals surface area (Å²) in [6, 6.07) is -0.504. The van der Waals surface area contributed by atoms with Crippen molar-refractivity contribution in [2.45, 2.75) is 31.7 Å². The molecule has 2 aliphatic heterocycles. The number of hydrogen-bond acceptors (Lipinski definition) is 4.